The third-order valence-corrected chi connectivity index (χ3v) is 26.6. The van der Waals surface area contributed by atoms with E-state index in [9.17, 15) is 0 Å². The first kappa shape index (κ1) is 58.5. The zero-order valence-corrected chi connectivity index (χ0v) is 59.2. The minimum absolute atomic E-state index is 0.303. The average Bonchev–Trinajstić information content (AvgIpc) is 1.53. The van der Waals surface area contributed by atoms with Crippen molar-refractivity contribution in [3.63, 3.8) is 0 Å². The summed E-state index contributed by atoms with van der Waals surface area (Å²) in [5, 5.41) is 2.44. The Morgan fingerprint density at radius 3 is 1.06 bits per heavy atom. The molecule has 0 fully saturated rings. The summed E-state index contributed by atoms with van der Waals surface area (Å²) >= 11 is 0. The van der Waals surface area contributed by atoms with Crippen LogP contribution in [0.25, 0.3) is 105 Å². The van der Waals surface area contributed by atoms with Crippen LogP contribution in [-0.2, 0) is 16.2 Å². The topological polar surface area (TPSA) is 11.4 Å². The average molecular weight is 1380 g/mol. The van der Waals surface area contributed by atoms with Gasteiger partial charge in [-0.25, -0.2) is 0 Å². The van der Waals surface area contributed by atoms with E-state index in [0.717, 1.165) is 45.2 Å². The molecule has 0 atom stereocenters. The lowest BCUT2D eigenvalue weighted by atomic mass is 9.32. The highest BCUT2D eigenvalue weighted by molar-refractivity contribution is 7.01. The van der Waals surface area contributed by atoms with Crippen LogP contribution in [0.2, 0.25) is 0 Å². The van der Waals surface area contributed by atoms with Crippen molar-refractivity contribution >= 4 is 79.0 Å². The molecule has 0 amide bonds. The van der Waals surface area contributed by atoms with Crippen molar-refractivity contribution in [3.05, 3.63) is 443 Å². The molecule has 26 rings (SSSR count). The minimum atomic E-state index is -0.702. The maximum absolute atomic E-state index is 2.75. The molecule has 1 aromatic heterocycles. The van der Waals surface area contributed by atoms with Gasteiger partial charge in [-0.15, -0.1) is 0 Å². The van der Waals surface area contributed by atoms with Crippen molar-refractivity contribution in [3.8, 4) is 83.6 Å². The summed E-state index contributed by atoms with van der Waals surface area (Å²) in [6.07, 6.45) is 0. The highest BCUT2D eigenvalue weighted by atomic mass is 15.2. The van der Waals surface area contributed by atoms with Crippen molar-refractivity contribution < 1.29 is 0 Å². The van der Waals surface area contributed by atoms with Crippen LogP contribution in [-0.4, -0.2) is 11.3 Å². The summed E-state index contributed by atoms with van der Waals surface area (Å²) in [7, 11) is 0. The number of nitrogens with zero attached hydrogens (tertiary/aromatic N) is 3. The molecule has 2 aliphatic heterocycles. The van der Waals surface area contributed by atoms with Crippen LogP contribution in [0, 0.1) is 0 Å². The lowest BCUT2D eigenvalue weighted by Gasteiger charge is -2.46. The molecule has 3 nitrogen and oxygen atoms in total. The van der Waals surface area contributed by atoms with E-state index in [-0.39, 0.29) is 6.71 Å². The van der Waals surface area contributed by atoms with E-state index in [1.807, 2.05) is 0 Å². The fourth-order valence-corrected chi connectivity index (χ4v) is 22.8. The van der Waals surface area contributed by atoms with Gasteiger partial charge in [-0.05, 0) is 222 Å². The smallest absolute Gasteiger partial charge is 0.252 e. The number of hydrogen-bond donors (Lipinski definition) is 0. The Hall–Kier alpha value is -13.8. The fraction of sp³-hybridized carbons (Fsp3) is 0.0286. The molecule has 0 radical (unpaired) electrons. The number of aromatic nitrogens is 1. The second-order valence-electron chi connectivity index (χ2n) is 31.1. The molecule has 3 heterocycles. The first-order valence-electron chi connectivity index (χ1n) is 38.4. The first-order chi connectivity index (χ1) is 54.1. The summed E-state index contributed by atoms with van der Waals surface area (Å²) in [5.74, 6) is 0. The highest BCUT2D eigenvalue weighted by Gasteiger charge is 2.59. The van der Waals surface area contributed by atoms with Gasteiger partial charge >= 0.3 is 0 Å². The van der Waals surface area contributed by atoms with Crippen molar-refractivity contribution in [2.45, 2.75) is 16.2 Å². The number of anilines is 6. The van der Waals surface area contributed by atoms with E-state index in [1.54, 1.807) is 0 Å². The van der Waals surface area contributed by atoms with E-state index in [2.05, 4.69) is 390 Å². The number of para-hydroxylation sites is 2. The summed E-state index contributed by atoms with van der Waals surface area (Å²) in [6.45, 7) is -0.303. The summed E-state index contributed by atoms with van der Waals surface area (Å²) in [6, 6.07) is 146. The van der Waals surface area contributed by atoms with Crippen LogP contribution in [0.3, 0.4) is 0 Å². The van der Waals surface area contributed by atoms with Crippen molar-refractivity contribution in [2.75, 3.05) is 9.80 Å². The zero-order chi connectivity index (χ0) is 70.7. The summed E-state index contributed by atoms with van der Waals surface area (Å²) in [5.41, 5.74) is 45.9. The predicted molar refractivity (Wildman–Crippen MR) is 449 cm³/mol. The van der Waals surface area contributed by atoms with E-state index in [4.69, 9.17) is 0 Å². The molecule has 0 saturated carbocycles. The Kier molecular flexibility index (Phi) is 11.2. The molecule has 0 unspecified atom stereocenters. The Morgan fingerprint density at radius 2 is 0.560 bits per heavy atom. The van der Waals surface area contributed by atoms with Crippen LogP contribution in [0.5, 0.6) is 0 Å². The highest BCUT2D eigenvalue weighted by Crippen LogP contribution is 2.68. The van der Waals surface area contributed by atoms with Gasteiger partial charge in [0.25, 0.3) is 6.71 Å². The Labute approximate surface area is 631 Å². The standard InChI is InChI=1S/C105H62BN3/c1-2-26-63(27-3-1)64-50-56-96-93(58-64)106-101-98(107(96)65-52-55-91-81(59-65)76-36-12-20-44-87(76)103(91)82-39-15-4-28-68(82)69-29-5-16-40-83(69)103)61-67(109-94-48-24-13-37-78(94)79-38-14-25-49-95(79)109)62-99(101)108(66-51-53-77-74-34-8-19-43-86(74)104(92(77)60-66)84-41-17-6-30-70(84)71-31-7-18-42-85(71)104)97-57-54-80-75-35-11-23-47-90(75)105(100(80)102(97)106)88-45-21-9-32-72(88)73-33-10-22-46-89(73)105/h1-62H. The Bertz CT molecular complexity index is 6950. The minimum Gasteiger partial charge on any atom is -0.311 e. The maximum Gasteiger partial charge on any atom is 0.252 e. The lowest BCUT2D eigenvalue weighted by molar-refractivity contribution is 0.793. The SMILES string of the molecule is c1ccc(-c2ccc3c(c2)B2c4c(cc(-n5c6ccccc6c6ccccc65)cc4N(c4ccc5c(c4)C4(c6ccccc6-c6ccccc64)c4ccccc4-5)c4ccc5c(c42)C2(c4ccccc4-c4ccccc42)c2ccccc2-5)N3c2ccc3c(c2)-c2ccccc2C32c3ccccc3-c3ccccc32)cc1. The van der Waals surface area contributed by atoms with Gasteiger partial charge in [-0.2, -0.15) is 0 Å². The van der Waals surface area contributed by atoms with Crippen LogP contribution in [0.4, 0.5) is 34.1 Å². The monoisotopic (exact) mass is 1380 g/mol. The first-order valence-corrected chi connectivity index (χ1v) is 38.4. The van der Waals surface area contributed by atoms with Gasteiger partial charge in [0.15, 0.2) is 0 Å². The van der Waals surface area contributed by atoms with Gasteiger partial charge in [-0.3, -0.25) is 0 Å². The summed E-state index contributed by atoms with van der Waals surface area (Å²) in [4.78, 5) is 5.44. The Morgan fingerprint density at radius 1 is 0.202 bits per heavy atom. The molecule has 500 valence electrons. The molecule has 17 aromatic carbocycles. The van der Waals surface area contributed by atoms with Crippen LogP contribution < -0.4 is 26.2 Å². The molecule has 18 aromatic rings. The van der Waals surface area contributed by atoms with Crippen LogP contribution in [0.1, 0.15) is 66.8 Å². The third kappa shape index (κ3) is 6.96. The molecule has 0 N–H and O–H groups in total. The van der Waals surface area contributed by atoms with Crippen molar-refractivity contribution in [2.24, 2.45) is 0 Å². The number of fused-ring (bicyclic) bond motifs is 38. The number of rotatable bonds is 4. The van der Waals surface area contributed by atoms with E-state index >= 15 is 0 Å². The van der Waals surface area contributed by atoms with Gasteiger partial charge in [0.2, 0.25) is 0 Å². The largest absolute Gasteiger partial charge is 0.311 e. The quantitative estimate of drug-likeness (QED) is 0.163. The van der Waals surface area contributed by atoms with Crippen molar-refractivity contribution in [1.82, 2.24) is 4.57 Å². The number of hydrogen-bond acceptors (Lipinski definition) is 2. The van der Waals surface area contributed by atoms with Gasteiger partial charge in [0.1, 0.15) is 0 Å². The van der Waals surface area contributed by atoms with Gasteiger partial charge in [0.05, 0.1) is 33.0 Å². The van der Waals surface area contributed by atoms with Gasteiger partial charge in [-0.1, -0.05) is 315 Å². The molecule has 4 heteroatoms. The third-order valence-electron chi connectivity index (χ3n) is 26.6. The van der Waals surface area contributed by atoms with E-state index in [0.29, 0.717) is 0 Å². The fourth-order valence-electron chi connectivity index (χ4n) is 22.8. The molecule has 6 aliphatic carbocycles. The summed E-state index contributed by atoms with van der Waals surface area (Å²) < 4.78 is 2.56. The maximum atomic E-state index is 2.75. The molecular formula is C105H62BN3. The lowest BCUT2D eigenvalue weighted by Crippen LogP contribution is -2.63. The second-order valence-corrected chi connectivity index (χ2v) is 31.1. The normalized spacial score (nSPS) is 15.0. The van der Waals surface area contributed by atoms with Gasteiger partial charge in [0, 0.05) is 44.9 Å². The van der Waals surface area contributed by atoms with E-state index < -0.39 is 16.2 Å². The molecular weight excluding hydrogens is 1310 g/mol. The molecule has 0 saturated heterocycles. The number of benzene rings is 17. The van der Waals surface area contributed by atoms with Crippen LogP contribution >= 0.6 is 0 Å². The molecule has 3 spiro atoms. The zero-order valence-electron chi connectivity index (χ0n) is 59.2. The Balaban J connectivity index is 0.830. The predicted octanol–water partition coefficient (Wildman–Crippen LogP) is 23.6. The van der Waals surface area contributed by atoms with Gasteiger partial charge < -0.3 is 14.4 Å². The molecule has 109 heavy (non-hydrogen) atoms. The second kappa shape index (κ2) is 20.8. The van der Waals surface area contributed by atoms with E-state index in [1.165, 1.54) is 177 Å². The molecule has 8 aliphatic rings. The molecule has 0 bridgehead atoms. The van der Waals surface area contributed by atoms with Crippen LogP contribution in [0.15, 0.2) is 376 Å². The van der Waals surface area contributed by atoms with Crippen molar-refractivity contribution in [1.29, 1.82) is 0 Å².